The summed E-state index contributed by atoms with van der Waals surface area (Å²) in [6, 6.07) is 12.0. The molecule has 0 radical (unpaired) electrons. The van der Waals surface area contributed by atoms with Crippen LogP contribution in [0.4, 0.5) is 0 Å². The molecule has 2 heterocycles. The quantitative estimate of drug-likeness (QED) is 0.755. The van der Waals surface area contributed by atoms with Crippen molar-refractivity contribution in [2.24, 2.45) is 0 Å². The third-order valence-corrected chi connectivity index (χ3v) is 5.21. The molecule has 0 unspecified atom stereocenters. The highest BCUT2D eigenvalue weighted by molar-refractivity contribution is 5.87. The highest BCUT2D eigenvalue weighted by Gasteiger charge is 2.45. The summed E-state index contributed by atoms with van der Waals surface area (Å²) in [5.41, 5.74) is 1.98. The molecule has 1 atom stereocenters. The van der Waals surface area contributed by atoms with Crippen molar-refractivity contribution in [2.75, 3.05) is 33.8 Å². The maximum absolute atomic E-state index is 13.2. The van der Waals surface area contributed by atoms with E-state index in [0.29, 0.717) is 26.0 Å². The van der Waals surface area contributed by atoms with Gasteiger partial charge in [0.25, 0.3) is 5.91 Å². The van der Waals surface area contributed by atoms with Gasteiger partial charge in [0, 0.05) is 45.9 Å². The minimum absolute atomic E-state index is 0.0795. The fourth-order valence-electron chi connectivity index (χ4n) is 3.81. The first-order valence-electron chi connectivity index (χ1n) is 10.1. The van der Waals surface area contributed by atoms with Gasteiger partial charge >= 0.3 is 0 Å². The summed E-state index contributed by atoms with van der Waals surface area (Å²) >= 11 is 0. The number of likely N-dealkylation sites (N-methyl/N-ethyl adjacent to an activating group) is 1. The van der Waals surface area contributed by atoms with Gasteiger partial charge in [0.2, 0.25) is 5.91 Å². The minimum Gasteiger partial charge on any atom is -0.361 e. The van der Waals surface area contributed by atoms with Crippen LogP contribution in [0.15, 0.2) is 48.8 Å². The monoisotopic (exact) mass is 395 g/mol. The molecule has 0 aliphatic carbocycles. The summed E-state index contributed by atoms with van der Waals surface area (Å²) in [5, 5.41) is 0. The number of nitrogens with zero attached hydrogens (tertiary/aromatic N) is 3. The van der Waals surface area contributed by atoms with Crippen molar-refractivity contribution < 1.29 is 14.3 Å². The van der Waals surface area contributed by atoms with Crippen LogP contribution < -0.4 is 0 Å². The number of amides is 2. The van der Waals surface area contributed by atoms with Crippen LogP contribution in [0.25, 0.3) is 11.1 Å². The minimum atomic E-state index is -1.07. The molecule has 2 amide bonds. The van der Waals surface area contributed by atoms with Crippen LogP contribution in [0, 0.1) is 0 Å². The topological polar surface area (TPSA) is 62.7 Å². The number of ether oxygens (including phenoxy) is 1. The molecule has 1 saturated heterocycles. The molecule has 6 nitrogen and oxygen atoms in total. The van der Waals surface area contributed by atoms with E-state index in [0.717, 1.165) is 23.1 Å². The molecule has 1 aromatic heterocycles. The maximum atomic E-state index is 13.2. The number of carbonyl (C=O) groups is 2. The molecule has 0 spiro atoms. The van der Waals surface area contributed by atoms with E-state index in [1.54, 1.807) is 30.1 Å². The number of rotatable bonds is 6. The number of hydrogen-bond acceptors (Lipinski definition) is 4. The molecule has 3 rings (SSSR count). The van der Waals surface area contributed by atoms with Gasteiger partial charge in [0.05, 0.1) is 13.2 Å². The Morgan fingerprint density at radius 1 is 1.21 bits per heavy atom. The average Bonchev–Trinajstić information content (AvgIpc) is 2.74. The number of hydrogen-bond donors (Lipinski definition) is 0. The molecular formula is C23H29N3O3. The summed E-state index contributed by atoms with van der Waals surface area (Å²) in [6.07, 6.45) is 5.26. The summed E-state index contributed by atoms with van der Waals surface area (Å²) in [4.78, 5) is 33.2. The summed E-state index contributed by atoms with van der Waals surface area (Å²) < 4.78 is 6.10. The van der Waals surface area contributed by atoms with E-state index < -0.39 is 5.60 Å². The smallest absolute Gasteiger partial charge is 0.256 e. The summed E-state index contributed by atoms with van der Waals surface area (Å²) in [7, 11) is 3.46. The lowest BCUT2D eigenvalue weighted by Crippen LogP contribution is -2.61. The van der Waals surface area contributed by atoms with Gasteiger partial charge in [0.1, 0.15) is 0 Å². The van der Waals surface area contributed by atoms with E-state index in [-0.39, 0.29) is 18.4 Å². The van der Waals surface area contributed by atoms with Crippen molar-refractivity contribution in [1.82, 2.24) is 14.8 Å². The van der Waals surface area contributed by atoms with E-state index in [1.807, 2.05) is 43.5 Å². The highest BCUT2D eigenvalue weighted by atomic mass is 16.5. The van der Waals surface area contributed by atoms with Crippen LogP contribution in [0.3, 0.4) is 0 Å². The van der Waals surface area contributed by atoms with Gasteiger partial charge in [-0.3, -0.25) is 14.6 Å². The van der Waals surface area contributed by atoms with Crippen molar-refractivity contribution in [3.8, 4) is 11.1 Å². The molecule has 6 heteroatoms. The molecule has 1 aromatic carbocycles. The van der Waals surface area contributed by atoms with E-state index >= 15 is 0 Å². The largest absolute Gasteiger partial charge is 0.361 e. The fraction of sp³-hybridized carbons (Fsp3) is 0.435. The zero-order valence-corrected chi connectivity index (χ0v) is 17.4. The van der Waals surface area contributed by atoms with Gasteiger partial charge in [-0.1, -0.05) is 37.3 Å². The zero-order chi connectivity index (χ0) is 20.9. The lowest BCUT2D eigenvalue weighted by molar-refractivity contribution is -0.172. The zero-order valence-electron chi connectivity index (χ0n) is 17.4. The Hall–Kier alpha value is -2.73. The standard InChI is InChI=1S/C23H29N3O3/c1-4-7-21(27)26-12-13-29-23(17-26,22(28)25(2)3)15-18-8-5-9-19(14-18)20-10-6-11-24-16-20/h5-6,8-11,14,16H,4,7,12-13,15,17H2,1-3H3/t23-/m1/s1. The van der Waals surface area contributed by atoms with Gasteiger partial charge in [-0.2, -0.15) is 0 Å². The molecule has 0 bridgehead atoms. The van der Waals surface area contributed by atoms with E-state index in [4.69, 9.17) is 4.74 Å². The van der Waals surface area contributed by atoms with Crippen LogP contribution in [-0.4, -0.2) is 66.0 Å². The first-order chi connectivity index (χ1) is 13.9. The Balaban J connectivity index is 1.90. The SMILES string of the molecule is CCCC(=O)N1CCO[C@@](Cc2cccc(-c3cccnc3)c2)(C(=O)N(C)C)C1. The number of pyridine rings is 1. The Morgan fingerprint density at radius 2 is 2.00 bits per heavy atom. The van der Waals surface area contributed by atoms with Crippen molar-refractivity contribution in [2.45, 2.75) is 31.8 Å². The second kappa shape index (κ2) is 9.18. The Labute approximate surface area is 172 Å². The van der Waals surface area contributed by atoms with Crippen molar-refractivity contribution in [1.29, 1.82) is 0 Å². The number of aromatic nitrogens is 1. The van der Waals surface area contributed by atoms with E-state index in [9.17, 15) is 9.59 Å². The van der Waals surface area contributed by atoms with Crippen LogP contribution >= 0.6 is 0 Å². The molecule has 2 aromatic rings. The Morgan fingerprint density at radius 3 is 2.69 bits per heavy atom. The molecule has 1 aliphatic heterocycles. The predicted octanol–water partition coefficient (Wildman–Crippen LogP) is 2.78. The van der Waals surface area contributed by atoms with Gasteiger partial charge < -0.3 is 14.5 Å². The van der Waals surface area contributed by atoms with Crippen LogP contribution in [0.1, 0.15) is 25.3 Å². The molecule has 29 heavy (non-hydrogen) atoms. The molecular weight excluding hydrogens is 366 g/mol. The molecule has 0 saturated carbocycles. The number of carbonyl (C=O) groups excluding carboxylic acids is 2. The number of morpholine rings is 1. The highest BCUT2D eigenvalue weighted by Crippen LogP contribution is 2.28. The third-order valence-electron chi connectivity index (χ3n) is 5.21. The lowest BCUT2D eigenvalue weighted by Gasteiger charge is -2.43. The van der Waals surface area contributed by atoms with Crippen molar-refractivity contribution in [3.05, 3.63) is 54.4 Å². The first kappa shape index (κ1) is 21.0. The normalized spacial score (nSPS) is 19.1. The van der Waals surface area contributed by atoms with Gasteiger partial charge in [-0.25, -0.2) is 0 Å². The second-order valence-electron chi connectivity index (χ2n) is 7.73. The average molecular weight is 396 g/mol. The maximum Gasteiger partial charge on any atom is 0.256 e. The molecule has 0 N–H and O–H groups in total. The fourth-order valence-corrected chi connectivity index (χ4v) is 3.81. The van der Waals surface area contributed by atoms with E-state index in [2.05, 4.69) is 11.1 Å². The third kappa shape index (κ3) is 4.82. The first-order valence-corrected chi connectivity index (χ1v) is 10.1. The van der Waals surface area contributed by atoms with Crippen LogP contribution in [0.2, 0.25) is 0 Å². The van der Waals surface area contributed by atoms with Crippen molar-refractivity contribution >= 4 is 11.8 Å². The molecule has 1 fully saturated rings. The molecule has 154 valence electrons. The van der Waals surface area contributed by atoms with Gasteiger partial charge in [-0.15, -0.1) is 0 Å². The number of benzene rings is 1. The lowest BCUT2D eigenvalue weighted by atomic mass is 9.89. The summed E-state index contributed by atoms with van der Waals surface area (Å²) in [5.74, 6) is -0.0332. The predicted molar refractivity (Wildman–Crippen MR) is 112 cm³/mol. The summed E-state index contributed by atoms with van der Waals surface area (Å²) in [6.45, 7) is 3.15. The van der Waals surface area contributed by atoms with Gasteiger partial charge in [0.15, 0.2) is 5.60 Å². The van der Waals surface area contributed by atoms with Gasteiger partial charge in [-0.05, 0) is 29.2 Å². The van der Waals surface area contributed by atoms with Crippen molar-refractivity contribution in [3.63, 3.8) is 0 Å². The van der Waals surface area contributed by atoms with E-state index in [1.165, 1.54) is 0 Å². The van der Waals surface area contributed by atoms with Crippen LogP contribution in [-0.2, 0) is 20.7 Å². The molecule has 1 aliphatic rings. The second-order valence-corrected chi connectivity index (χ2v) is 7.73. The Kier molecular flexibility index (Phi) is 6.64. The van der Waals surface area contributed by atoms with Crippen LogP contribution in [0.5, 0.6) is 0 Å². The Bertz CT molecular complexity index is 853.